The molecular formula is C23H23FN2O2. The molecule has 1 saturated carbocycles. The van der Waals surface area contributed by atoms with Crippen LogP contribution in [-0.2, 0) is 11.2 Å². The number of H-pyrrole nitrogens is 1. The molecule has 2 N–H and O–H groups in total. The van der Waals surface area contributed by atoms with Gasteiger partial charge < -0.3 is 10.3 Å². The number of aromatic amines is 1. The van der Waals surface area contributed by atoms with E-state index in [0.29, 0.717) is 24.4 Å². The summed E-state index contributed by atoms with van der Waals surface area (Å²) in [6.45, 7) is 2.40. The predicted octanol–water partition coefficient (Wildman–Crippen LogP) is 3.83. The molecule has 4 rings (SSSR count). The van der Waals surface area contributed by atoms with Crippen molar-refractivity contribution in [1.82, 2.24) is 10.3 Å². The summed E-state index contributed by atoms with van der Waals surface area (Å²) in [6.07, 6.45) is 2.49. The van der Waals surface area contributed by atoms with E-state index in [1.807, 2.05) is 31.2 Å². The summed E-state index contributed by atoms with van der Waals surface area (Å²) in [5.41, 5.74) is 3.32. The molecule has 3 aromatic rings. The average Bonchev–Trinajstić information content (AvgIpc) is 3.49. The lowest BCUT2D eigenvalue weighted by Crippen LogP contribution is -2.32. The van der Waals surface area contributed by atoms with Gasteiger partial charge in [0.1, 0.15) is 5.82 Å². The van der Waals surface area contributed by atoms with Crippen LogP contribution in [0.2, 0.25) is 0 Å². The number of amides is 1. The molecule has 1 heterocycles. The number of nitrogens with one attached hydrogen (secondary N) is 2. The molecule has 1 atom stereocenters. The summed E-state index contributed by atoms with van der Waals surface area (Å²) in [6, 6.07) is 14.0. The van der Waals surface area contributed by atoms with Crippen molar-refractivity contribution in [3.05, 3.63) is 81.4 Å². The third-order valence-corrected chi connectivity index (χ3v) is 5.38. The Morgan fingerprint density at radius 1 is 1.18 bits per heavy atom. The van der Waals surface area contributed by atoms with Gasteiger partial charge in [-0.2, -0.15) is 0 Å². The molecule has 0 spiro atoms. The molecule has 1 aliphatic carbocycles. The fraction of sp³-hybridized carbons (Fsp3) is 0.304. The van der Waals surface area contributed by atoms with E-state index in [9.17, 15) is 14.0 Å². The maximum atomic E-state index is 13.2. The Hall–Kier alpha value is -2.95. The van der Waals surface area contributed by atoms with E-state index in [1.54, 1.807) is 12.1 Å². The molecule has 5 heteroatoms. The van der Waals surface area contributed by atoms with Gasteiger partial charge in [-0.05, 0) is 73.4 Å². The molecule has 0 bridgehead atoms. The molecule has 1 aromatic heterocycles. The van der Waals surface area contributed by atoms with E-state index < -0.39 is 0 Å². The number of halogens is 1. The van der Waals surface area contributed by atoms with Gasteiger partial charge in [0.15, 0.2) is 0 Å². The van der Waals surface area contributed by atoms with Gasteiger partial charge in [0.2, 0.25) is 5.91 Å². The van der Waals surface area contributed by atoms with Crippen LogP contribution in [0.4, 0.5) is 4.39 Å². The zero-order valence-corrected chi connectivity index (χ0v) is 15.8. The average molecular weight is 378 g/mol. The summed E-state index contributed by atoms with van der Waals surface area (Å²) < 4.78 is 13.2. The molecule has 4 nitrogen and oxygen atoms in total. The second kappa shape index (κ2) is 7.58. The quantitative estimate of drug-likeness (QED) is 0.685. The smallest absolute Gasteiger partial charge is 0.251 e. The normalized spacial score (nSPS) is 14.8. The maximum Gasteiger partial charge on any atom is 0.251 e. The zero-order valence-electron chi connectivity index (χ0n) is 15.8. The predicted molar refractivity (Wildman–Crippen MR) is 108 cm³/mol. The number of carbonyl (C=O) groups excluding carboxylic acids is 1. The number of hydrogen-bond donors (Lipinski definition) is 2. The number of pyridine rings is 1. The van der Waals surface area contributed by atoms with Gasteiger partial charge in [-0.3, -0.25) is 9.59 Å². The molecule has 1 amide bonds. The number of carbonyl (C=O) groups is 1. The summed E-state index contributed by atoms with van der Waals surface area (Å²) in [4.78, 5) is 27.9. The van der Waals surface area contributed by atoms with Crippen molar-refractivity contribution >= 4 is 16.8 Å². The highest BCUT2D eigenvalue weighted by Gasteiger charge is 2.37. The minimum atomic E-state index is -0.301. The first-order valence-electron chi connectivity index (χ1n) is 9.67. The number of rotatable bonds is 6. The number of aryl methyl sites for hydroxylation is 1. The van der Waals surface area contributed by atoms with Crippen molar-refractivity contribution in [2.24, 2.45) is 5.92 Å². The molecule has 1 fully saturated rings. The standard InChI is InChI=1S/C23H23FN2O2/c1-14-2-9-20-18(12-14)13-17(22(27)26-20)10-11-25-23(28)21(15-3-4-15)16-5-7-19(24)8-6-16/h2,5-9,12-13,15,21H,3-4,10-11H2,1H3,(H,25,28)(H,26,27). The lowest BCUT2D eigenvalue weighted by Gasteiger charge is -2.17. The van der Waals surface area contributed by atoms with Crippen molar-refractivity contribution in [3.8, 4) is 0 Å². The van der Waals surface area contributed by atoms with Crippen LogP contribution in [0.25, 0.3) is 10.9 Å². The monoisotopic (exact) mass is 378 g/mol. The van der Waals surface area contributed by atoms with Crippen LogP contribution in [0.5, 0.6) is 0 Å². The first-order chi connectivity index (χ1) is 13.5. The molecule has 1 unspecified atom stereocenters. The van der Waals surface area contributed by atoms with E-state index in [0.717, 1.165) is 34.9 Å². The number of benzene rings is 2. The summed E-state index contributed by atoms with van der Waals surface area (Å²) in [7, 11) is 0. The highest BCUT2D eigenvalue weighted by atomic mass is 19.1. The van der Waals surface area contributed by atoms with Gasteiger partial charge in [-0.1, -0.05) is 23.8 Å². The molecule has 1 aliphatic rings. The van der Waals surface area contributed by atoms with Crippen molar-refractivity contribution in [1.29, 1.82) is 0 Å². The van der Waals surface area contributed by atoms with Crippen LogP contribution in [-0.4, -0.2) is 17.4 Å². The Morgan fingerprint density at radius 3 is 2.64 bits per heavy atom. The van der Waals surface area contributed by atoms with Gasteiger partial charge in [-0.15, -0.1) is 0 Å². The maximum absolute atomic E-state index is 13.2. The molecule has 0 radical (unpaired) electrons. The topological polar surface area (TPSA) is 62.0 Å². The van der Waals surface area contributed by atoms with Crippen LogP contribution >= 0.6 is 0 Å². The lowest BCUT2D eigenvalue weighted by molar-refractivity contribution is -0.123. The first-order valence-corrected chi connectivity index (χ1v) is 9.67. The van der Waals surface area contributed by atoms with E-state index in [-0.39, 0.29) is 23.2 Å². The van der Waals surface area contributed by atoms with Gasteiger partial charge in [0.25, 0.3) is 5.56 Å². The van der Waals surface area contributed by atoms with Crippen molar-refractivity contribution < 1.29 is 9.18 Å². The number of fused-ring (bicyclic) bond motifs is 1. The van der Waals surface area contributed by atoms with Crippen molar-refractivity contribution in [2.45, 2.75) is 32.1 Å². The van der Waals surface area contributed by atoms with E-state index >= 15 is 0 Å². The molecule has 0 aliphatic heterocycles. The van der Waals surface area contributed by atoms with Gasteiger partial charge in [0, 0.05) is 17.6 Å². The SMILES string of the molecule is Cc1ccc2[nH]c(=O)c(CCNC(=O)C(c3ccc(F)cc3)C3CC3)cc2c1. The Balaban J connectivity index is 1.44. The number of aromatic nitrogens is 1. The molecule has 2 aromatic carbocycles. The second-order valence-corrected chi connectivity index (χ2v) is 7.62. The Labute approximate surface area is 162 Å². The summed E-state index contributed by atoms with van der Waals surface area (Å²) >= 11 is 0. The highest BCUT2D eigenvalue weighted by Crippen LogP contribution is 2.42. The summed E-state index contributed by atoms with van der Waals surface area (Å²) in [5, 5.41) is 3.96. The van der Waals surface area contributed by atoms with E-state index in [2.05, 4.69) is 10.3 Å². The Bertz CT molecular complexity index is 1070. The molecular weight excluding hydrogens is 355 g/mol. The number of hydrogen-bond acceptors (Lipinski definition) is 2. The lowest BCUT2D eigenvalue weighted by atomic mass is 9.93. The van der Waals surface area contributed by atoms with Gasteiger partial charge >= 0.3 is 0 Å². The third kappa shape index (κ3) is 3.98. The molecule has 144 valence electrons. The third-order valence-electron chi connectivity index (χ3n) is 5.38. The van der Waals surface area contributed by atoms with E-state index in [4.69, 9.17) is 0 Å². The summed E-state index contributed by atoms with van der Waals surface area (Å²) in [5.74, 6) is -0.290. The zero-order chi connectivity index (χ0) is 19.7. The minimum absolute atomic E-state index is 0.0535. The van der Waals surface area contributed by atoms with Gasteiger partial charge in [0.05, 0.1) is 5.92 Å². The largest absolute Gasteiger partial charge is 0.355 e. The van der Waals surface area contributed by atoms with Crippen LogP contribution in [0.1, 0.15) is 35.4 Å². The van der Waals surface area contributed by atoms with Crippen LogP contribution in [0.3, 0.4) is 0 Å². The first kappa shape index (κ1) is 18.4. The highest BCUT2D eigenvalue weighted by molar-refractivity contribution is 5.84. The van der Waals surface area contributed by atoms with Crippen molar-refractivity contribution in [2.75, 3.05) is 6.54 Å². The Morgan fingerprint density at radius 2 is 1.93 bits per heavy atom. The van der Waals surface area contributed by atoms with E-state index in [1.165, 1.54) is 12.1 Å². The van der Waals surface area contributed by atoms with Crippen LogP contribution in [0, 0.1) is 18.7 Å². The molecule has 28 heavy (non-hydrogen) atoms. The minimum Gasteiger partial charge on any atom is -0.355 e. The second-order valence-electron chi connectivity index (χ2n) is 7.62. The van der Waals surface area contributed by atoms with Crippen LogP contribution in [0.15, 0.2) is 53.3 Å². The Kier molecular flexibility index (Phi) is 4.99. The fourth-order valence-electron chi connectivity index (χ4n) is 3.72. The van der Waals surface area contributed by atoms with Gasteiger partial charge in [-0.25, -0.2) is 4.39 Å². The van der Waals surface area contributed by atoms with Crippen molar-refractivity contribution in [3.63, 3.8) is 0 Å². The van der Waals surface area contributed by atoms with Crippen LogP contribution < -0.4 is 10.9 Å². The fourth-order valence-corrected chi connectivity index (χ4v) is 3.72. The molecule has 0 saturated heterocycles.